The molecule has 1 unspecified atom stereocenters. The van der Waals surface area contributed by atoms with Crippen molar-refractivity contribution < 1.29 is 18.0 Å². The molecular weight excluding hydrogens is 279 g/mol. The van der Waals surface area contributed by atoms with E-state index in [0.717, 1.165) is 11.3 Å². The summed E-state index contributed by atoms with van der Waals surface area (Å²) in [7, 11) is 0. The van der Waals surface area contributed by atoms with Gasteiger partial charge in [0.15, 0.2) is 10.7 Å². The Hall–Kier alpha value is -1.15. The molecule has 108 valence electrons. The van der Waals surface area contributed by atoms with Crippen molar-refractivity contribution in [3.05, 3.63) is 11.1 Å². The van der Waals surface area contributed by atoms with Crippen LogP contribution in [0.5, 0.6) is 0 Å². The van der Waals surface area contributed by atoms with Crippen LogP contribution in [0.4, 0.5) is 18.3 Å². The average Bonchev–Trinajstić information content (AvgIpc) is 2.63. The quantitative estimate of drug-likeness (QED) is 0.881. The molecule has 1 heterocycles. The number of nitrogens with one attached hydrogen (secondary N) is 1. The van der Waals surface area contributed by atoms with E-state index >= 15 is 0 Å². The number of rotatable bonds is 2. The van der Waals surface area contributed by atoms with E-state index in [9.17, 15) is 18.0 Å². The summed E-state index contributed by atoms with van der Waals surface area (Å²) in [4.78, 5) is 15.6. The number of carbonyl (C=O) groups excluding carboxylic acids is 1. The van der Waals surface area contributed by atoms with Crippen LogP contribution in [0, 0.1) is 0 Å². The first-order valence-corrected chi connectivity index (χ1v) is 6.37. The number of halogens is 3. The van der Waals surface area contributed by atoms with Gasteiger partial charge in [-0.3, -0.25) is 4.79 Å². The molecule has 0 saturated heterocycles. The van der Waals surface area contributed by atoms with Gasteiger partial charge in [-0.05, 0) is 6.92 Å². The standard InChI is InChI=1S/C11H16F3N3OS/c1-9(2,3)6-5-19-8(16-6)17-7(18)10(4,15)11(12,13)14/h5H,15H2,1-4H3,(H,16,17,18). The highest BCUT2D eigenvalue weighted by molar-refractivity contribution is 7.14. The van der Waals surface area contributed by atoms with Gasteiger partial charge >= 0.3 is 6.18 Å². The Balaban J connectivity index is 2.87. The molecule has 19 heavy (non-hydrogen) atoms. The number of anilines is 1. The number of amides is 1. The predicted molar refractivity (Wildman–Crippen MR) is 68.1 cm³/mol. The van der Waals surface area contributed by atoms with Crippen molar-refractivity contribution in [3.63, 3.8) is 0 Å². The Morgan fingerprint density at radius 2 is 1.84 bits per heavy atom. The van der Waals surface area contributed by atoms with E-state index in [-0.39, 0.29) is 10.5 Å². The fraction of sp³-hybridized carbons (Fsp3) is 0.636. The Labute approximate surface area is 113 Å². The number of nitrogens with two attached hydrogens (primary N) is 1. The van der Waals surface area contributed by atoms with Gasteiger partial charge in [0, 0.05) is 10.8 Å². The molecule has 0 aliphatic carbocycles. The molecule has 1 atom stereocenters. The first-order valence-electron chi connectivity index (χ1n) is 5.49. The van der Waals surface area contributed by atoms with Crippen LogP contribution in [0.15, 0.2) is 5.38 Å². The Morgan fingerprint density at radius 3 is 2.21 bits per heavy atom. The third kappa shape index (κ3) is 3.44. The highest BCUT2D eigenvalue weighted by atomic mass is 32.1. The van der Waals surface area contributed by atoms with Crippen molar-refractivity contribution in [2.45, 2.75) is 44.8 Å². The predicted octanol–water partition coefficient (Wildman–Crippen LogP) is 2.66. The normalized spacial score (nSPS) is 16.0. The van der Waals surface area contributed by atoms with Gasteiger partial charge in [0.05, 0.1) is 5.69 Å². The number of nitrogens with zero attached hydrogens (tertiary/aromatic N) is 1. The molecule has 0 aliphatic rings. The molecule has 0 radical (unpaired) electrons. The second-order valence-electron chi connectivity index (χ2n) is 5.44. The van der Waals surface area contributed by atoms with Gasteiger partial charge in [0.25, 0.3) is 5.91 Å². The SMILES string of the molecule is CC(C)(C)c1csc(NC(=O)C(C)(N)C(F)(F)F)n1. The van der Waals surface area contributed by atoms with E-state index in [0.29, 0.717) is 12.6 Å². The van der Waals surface area contributed by atoms with E-state index < -0.39 is 17.6 Å². The number of hydrogen-bond donors (Lipinski definition) is 2. The summed E-state index contributed by atoms with van der Waals surface area (Å²) in [5, 5.41) is 3.90. The zero-order valence-corrected chi connectivity index (χ0v) is 11.9. The van der Waals surface area contributed by atoms with Gasteiger partial charge < -0.3 is 11.1 Å². The molecule has 0 bridgehead atoms. The van der Waals surface area contributed by atoms with Gasteiger partial charge in [0.1, 0.15) is 0 Å². The Kier molecular flexibility index (Phi) is 3.98. The van der Waals surface area contributed by atoms with Gasteiger partial charge in [-0.15, -0.1) is 11.3 Å². The van der Waals surface area contributed by atoms with E-state index in [1.54, 1.807) is 5.38 Å². The second-order valence-corrected chi connectivity index (χ2v) is 6.30. The summed E-state index contributed by atoms with van der Waals surface area (Å²) in [5.41, 5.74) is 2.53. The average molecular weight is 295 g/mol. The number of aromatic nitrogens is 1. The zero-order chi connectivity index (χ0) is 15.1. The van der Waals surface area contributed by atoms with Crippen molar-refractivity contribution >= 4 is 22.4 Å². The molecule has 1 amide bonds. The fourth-order valence-corrected chi connectivity index (χ4v) is 1.96. The third-order valence-corrected chi connectivity index (χ3v) is 3.31. The van der Waals surface area contributed by atoms with Gasteiger partial charge in [-0.25, -0.2) is 4.98 Å². The molecule has 4 nitrogen and oxygen atoms in total. The number of thiazole rings is 1. The molecule has 1 aromatic heterocycles. The number of carbonyl (C=O) groups is 1. The van der Waals surface area contributed by atoms with Crippen LogP contribution in [-0.4, -0.2) is 22.6 Å². The molecule has 1 rings (SSSR count). The largest absolute Gasteiger partial charge is 0.415 e. The molecule has 0 saturated carbocycles. The lowest BCUT2D eigenvalue weighted by Crippen LogP contribution is -2.59. The summed E-state index contributed by atoms with van der Waals surface area (Å²) >= 11 is 1.07. The lowest BCUT2D eigenvalue weighted by atomic mass is 9.93. The van der Waals surface area contributed by atoms with E-state index in [1.807, 2.05) is 20.8 Å². The molecule has 0 aromatic carbocycles. The lowest BCUT2D eigenvalue weighted by Gasteiger charge is -2.25. The maximum atomic E-state index is 12.6. The number of hydrogen-bond acceptors (Lipinski definition) is 4. The maximum absolute atomic E-state index is 12.6. The van der Waals surface area contributed by atoms with E-state index in [1.165, 1.54) is 0 Å². The van der Waals surface area contributed by atoms with Crippen LogP contribution in [0.3, 0.4) is 0 Å². The first kappa shape index (κ1) is 15.9. The summed E-state index contributed by atoms with van der Waals surface area (Å²) in [6, 6.07) is 0. The molecular formula is C11H16F3N3OS. The minimum Gasteiger partial charge on any atom is -0.310 e. The molecule has 0 spiro atoms. The third-order valence-electron chi connectivity index (χ3n) is 2.55. The van der Waals surface area contributed by atoms with E-state index in [2.05, 4.69) is 10.3 Å². The first-order chi connectivity index (χ1) is 8.35. The fourth-order valence-electron chi connectivity index (χ4n) is 1.03. The van der Waals surface area contributed by atoms with Gasteiger partial charge in [-0.1, -0.05) is 20.8 Å². The summed E-state index contributed by atoms with van der Waals surface area (Å²) < 4.78 is 37.7. The minimum atomic E-state index is -4.82. The summed E-state index contributed by atoms with van der Waals surface area (Å²) in [5.74, 6) is -1.32. The van der Waals surface area contributed by atoms with Crippen molar-refractivity contribution in [1.29, 1.82) is 0 Å². The van der Waals surface area contributed by atoms with Crippen LogP contribution >= 0.6 is 11.3 Å². The minimum absolute atomic E-state index is 0.107. The van der Waals surface area contributed by atoms with Gasteiger partial charge in [0.2, 0.25) is 0 Å². The topological polar surface area (TPSA) is 68.0 Å². The molecule has 8 heteroatoms. The highest BCUT2D eigenvalue weighted by Crippen LogP contribution is 2.30. The molecule has 0 aliphatic heterocycles. The van der Waals surface area contributed by atoms with Gasteiger partial charge in [-0.2, -0.15) is 13.2 Å². The smallest absolute Gasteiger partial charge is 0.310 e. The van der Waals surface area contributed by atoms with Crippen LogP contribution in [0.25, 0.3) is 0 Å². The molecule has 3 N–H and O–H groups in total. The number of alkyl halides is 3. The molecule has 0 fully saturated rings. The second kappa shape index (κ2) is 4.75. The zero-order valence-electron chi connectivity index (χ0n) is 11.1. The van der Waals surface area contributed by atoms with Crippen LogP contribution in [0.1, 0.15) is 33.4 Å². The van der Waals surface area contributed by atoms with Crippen molar-refractivity contribution in [2.75, 3.05) is 5.32 Å². The maximum Gasteiger partial charge on any atom is 0.415 e. The Morgan fingerprint density at radius 1 is 1.32 bits per heavy atom. The lowest BCUT2D eigenvalue weighted by molar-refractivity contribution is -0.184. The van der Waals surface area contributed by atoms with Crippen LogP contribution in [-0.2, 0) is 10.2 Å². The summed E-state index contributed by atoms with van der Waals surface area (Å²) in [6.45, 7) is 6.36. The van der Waals surface area contributed by atoms with Crippen LogP contribution in [0.2, 0.25) is 0 Å². The van der Waals surface area contributed by atoms with E-state index in [4.69, 9.17) is 5.73 Å². The Bertz CT molecular complexity index is 474. The van der Waals surface area contributed by atoms with Crippen LogP contribution < -0.4 is 11.1 Å². The monoisotopic (exact) mass is 295 g/mol. The summed E-state index contributed by atoms with van der Waals surface area (Å²) in [6.07, 6.45) is -4.82. The molecule has 1 aromatic rings. The highest BCUT2D eigenvalue weighted by Gasteiger charge is 2.54. The van der Waals surface area contributed by atoms with Crippen molar-refractivity contribution in [1.82, 2.24) is 4.98 Å². The van der Waals surface area contributed by atoms with Crippen molar-refractivity contribution in [3.8, 4) is 0 Å². The van der Waals surface area contributed by atoms with Crippen molar-refractivity contribution in [2.24, 2.45) is 5.73 Å².